The van der Waals surface area contributed by atoms with Gasteiger partial charge in [0.25, 0.3) is 0 Å². The summed E-state index contributed by atoms with van der Waals surface area (Å²) in [5.41, 5.74) is 4.01. The van der Waals surface area contributed by atoms with Gasteiger partial charge in [0.1, 0.15) is 5.82 Å². The summed E-state index contributed by atoms with van der Waals surface area (Å²) in [7, 11) is 0. The van der Waals surface area contributed by atoms with Crippen molar-refractivity contribution >= 4 is 34.2 Å². The first kappa shape index (κ1) is 12.5. The number of aromatic nitrogens is 2. The van der Waals surface area contributed by atoms with E-state index in [2.05, 4.69) is 36.2 Å². The molecule has 0 N–H and O–H groups in total. The number of nitrogens with zero attached hydrogens (tertiary/aromatic N) is 2. The first-order valence-electron chi connectivity index (χ1n) is 5.99. The van der Waals surface area contributed by atoms with Crippen LogP contribution in [0.25, 0.3) is 16.7 Å². The van der Waals surface area contributed by atoms with Gasteiger partial charge in [-0.1, -0.05) is 35.4 Å². The van der Waals surface area contributed by atoms with Gasteiger partial charge < -0.3 is 0 Å². The Bertz CT molecular complexity index is 730. The lowest BCUT2D eigenvalue weighted by Gasteiger charge is -2.09. The van der Waals surface area contributed by atoms with Crippen LogP contribution in [-0.2, 0) is 5.88 Å². The summed E-state index contributed by atoms with van der Waals surface area (Å²) in [5, 5.41) is 0.682. The highest BCUT2D eigenvalue weighted by molar-refractivity contribution is 6.35. The number of benzene rings is 2. The first-order chi connectivity index (χ1) is 9.20. The molecule has 0 saturated heterocycles. The normalized spacial score (nSPS) is 11.1. The fourth-order valence-corrected chi connectivity index (χ4v) is 2.63. The van der Waals surface area contributed by atoms with E-state index < -0.39 is 0 Å². The number of halogens is 2. The van der Waals surface area contributed by atoms with Gasteiger partial charge in [0, 0.05) is 5.69 Å². The molecule has 0 aliphatic carbocycles. The van der Waals surface area contributed by atoms with Crippen molar-refractivity contribution in [3.8, 4) is 5.69 Å². The van der Waals surface area contributed by atoms with Crippen LogP contribution in [0.5, 0.6) is 0 Å². The maximum absolute atomic E-state index is 6.31. The average molecular weight is 291 g/mol. The van der Waals surface area contributed by atoms with Gasteiger partial charge in [-0.05, 0) is 31.2 Å². The highest BCUT2D eigenvalue weighted by Gasteiger charge is 2.13. The Kier molecular flexibility index (Phi) is 3.21. The Hall–Kier alpha value is -1.51. The van der Waals surface area contributed by atoms with Crippen LogP contribution in [0, 0.1) is 6.92 Å². The minimum absolute atomic E-state index is 0.346. The minimum Gasteiger partial charge on any atom is -0.294 e. The Morgan fingerprint density at radius 3 is 2.53 bits per heavy atom. The summed E-state index contributed by atoms with van der Waals surface area (Å²) < 4.78 is 2.02. The number of hydrogen-bond donors (Lipinski definition) is 0. The third-order valence-electron chi connectivity index (χ3n) is 3.11. The molecular weight excluding hydrogens is 279 g/mol. The Balaban J connectivity index is 2.35. The van der Waals surface area contributed by atoms with Gasteiger partial charge in [0.15, 0.2) is 0 Å². The first-order valence-corrected chi connectivity index (χ1v) is 6.91. The number of alkyl halides is 1. The highest BCUT2D eigenvalue weighted by Crippen LogP contribution is 2.28. The molecule has 96 valence electrons. The van der Waals surface area contributed by atoms with Gasteiger partial charge in [-0.15, -0.1) is 11.6 Å². The molecule has 3 aromatic rings. The van der Waals surface area contributed by atoms with Crippen molar-refractivity contribution in [2.45, 2.75) is 12.8 Å². The summed E-state index contributed by atoms with van der Waals surface area (Å²) in [4.78, 5) is 4.54. The van der Waals surface area contributed by atoms with E-state index in [9.17, 15) is 0 Å². The summed E-state index contributed by atoms with van der Waals surface area (Å²) in [5.74, 6) is 1.15. The predicted molar refractivity (Wildman–Crippen MR) is 80.4 cm³/mol. The van der Waals surface area contributed by atoms with E-state index in [1.54, 1.807) is 0 Å². The molecule has 0 bridgehead atoms. The zero-order valence-electron chi connectivity index (χ0n) is 10.4. The van der Waals surface area contributed by atoms with Gasteiger partial charge in [-0.3, -0.25) is 4.57 Å². The van der Waals surface area contributed by atoms with Crippen molar-refractivity contribution in [2.75, 3.05) is 0 Å². The lowest BCUT2D eigenvalue weighted by molar-refractivity contribution is 0.981. The Morgan fingerprint density at radius 1 is 1.11 bits per heavy atom. The lowest BCUT2D eigenvalue weighted by atomic mass is 10.2. The van der Waals surface area contributed by atoms with E-state index in [-0.39, 0.29) is 0 Å². The zero-order valence-corrected chi connectivity index (χ0v) is 11.9. The predicted octanol–water partition coefficient (Wildman–Crippen LogP) is 4.73. The average Bonchev–Trinajstić information content (AvgIpc) is 2.80. The quantitative estimate of drug-likeness (QED) is 0.624. The number of rotatable bonds is 2. The third-order valence-corrected chi connectivity index (χ3v) is 3.65. The van der Waals surface area contributed by atoms with Crippen LogP contribution in [0.3, 0.4) is 0 Å². The molecule has 0 aliphatic rings. The standard InChI is InChI=1S/C15H12Cl2N2/c1-10-5-7-11(8-6-10)19-14(9-16)18-13-4-2-3-12(17)15(13)19/h2-8H,9H2,1H3. The molecule has 0 amide bonds. The fourth-order valence-electron chi connectivity index (χ4n) is 2.20. The second-order valence-corrected chi connectivity index (χ2v) is 5.11. The molecule has 0 saturated carbocycles. The fraction of sp³-hybridized carbons (Fsp3) is 0.133. The van der Waals surface area contributed by atoms with Crippen molar-refractivity contribution in [1.29, 1.82) is 0 Å². The maximum atomic E-state index is 6.31. The zero-order chi connectivity index (χ0) is 13.4. The van der Waals surface area contributed by atoms with Crippen LogP contribution >= 0.6 is 23.2 Å². The highest BCUT2D eigenvalue weighted by atomic mass is 35.5. The second kappa shape index (κ2) is 4.87. The molecule has 0 atom stereocenters. The maximum Gasteiger partial charge on any atom is 0.129 e. The summed E-state index contributed by atoms with van der Waals surface area (Å²) >= 11 is 12.3. The Labute approximate surface area is 121 Å². The monoisotopic (exact) mass is 290 g/mol. The van der Waals surface area contributed by atoms with Gasteiger partial charge in [-0.25, -0.2) is 4.98 Å². The molecule has 1 heterocycles. The van der Waals surface area contributed by atoms with Crippen molar-refractivity contribution in [1.82, 2.24) is 9.55 Å². The summed E-state index contributed by atoms with van der Waals surface area (Å²) in [6.07, 6.45) is 0. The van der Waals surface area contributed by atoms with Crippen LogP contribution in [0.1, 0.15) is 11.4 Å². The molecule has 0 radical (unpaired) electrons. The smallest absolute Gasteiger partial charge is 0.129 e. The van der Waals surface area contributed by atoms with Crippen LogP contribution in [0.2, 0.25) is 5.02 Å². The molecule has 2 aromatic carbocycles. The summed E-state index contributed by atoms with van der Waals surface area (Å²) in [6, 6.07) is 13.9. The van der Waals surface area contributed by atoms with E-state index in [1.165, 1.54) is 5.56 Å². The van der Waals surface area contributed by atoms with Crippen LogP contribution in [0.15, 0.2) is 42.5 Å². The number of hydrogen-bond acceptors (Lipinski definition) is 1. The van der Waals surface area contributed by atoms with Gasteiger partial charge in [0.2, 0.25) is 0 Å². The van der Waals surface area contributed by atoms with Crippen LogP contribution in [-0.4, -0.2) is 9.55 Å². The van der Waals surface area contributed by atoms with Gasteiger partial charge in [-0.2, -0.15) is 0 Å². The van der Waals surface area contributed by atoms with Crippen LogP contribution in [0.4, 0.5) is 0 Å². The minimum atomic E-state index is 0.346. The molecule has 0 spiro atoms. The largest absolute Gasteiger partial charge is 0.294 e. The molecule has 2 nitrogen and oxygen atoms in total. The molecule has 0 fully saturated rings. The van der Waals surface area contributed by atoms with Crippen LogP contribution < -0.4 is 0 Å². The number of fused-ring (bicyclic) bond motifs is 1. The van der Waals surface area contributed by atoms with E-state index in [0.717, 1.165) is 22.5 Å². The lowest BCUT2D eigenvalue weighted by Crippen LogP contribution is -1.99. The molecule has 19 heavy (non-hydrogen) atoms. The molecule has 0 unspecified atom stereocenters. The molecule has 1 aromatic heterocycles. The van der Waals surface area contributed by atoms with Crippen molar-refractivity contribution in [2.24, 2.45) is 0 Å². The van der Waals surface area contributed by atoms with Crippen molar-refractivity contribution in [3.63, 3.8) is 0 Å². The van der Waals surface area contributed by atoms with E-state index in [1.807, 2.05) is 22.8 Å². The Morgan fingerprint density at radius 2 is 1.84 bits per heavy atom. The van der Waals surface area contributed by atoms with E-state index >= 15 is 0 Å². The van der Waals surface area contributed by atoms with Crippen molar-refractivity contribution in [3.05, 3.63) is 58.9 Å². The van der Waals surface area contributed by atoms with E-state index in [4.69, 9.17) is 23.2 Å². The number of para-hydroxylation sites is 1. The van der Waals surface area contributed by atoms with Gasteiger partial charge in [0.05, 0.1) is 21.9 Å². The SMILES string of the molecule is Cc1ccc(-n2c(CCl)nc3cccc(Cl)c32)cc1. The number of aryl methyl sites for hydroxylation is 1. The van der Waals surface area contributed by atoms with E-state index in [0.29, 0.717) is 10.9 Å². The number of imidazole rings is 1. The molecular formula is C15H12Cl2N2. The van der Waals surface area contributed by atoms with Gasteiger partial charge >= 0.3 is 0 Å². The molecule has 3 rings (SSSR count). The van der Waals surface area contributed by atoms with Crippen molar-refractivity contribution < 1.29 is 0 Å². The molecule has 0 aliphatic heterocycles. The second-order valence-electron chi connectivity index (χ2n) is 4.44. The molecule has 4 heteroatoms. The summed E-state index contributed by atoms with van der Waals surface area (Å²) in [6.45, 7) is 2.06. The third kappa shape index (κ3) is 2.11. The topological polar surface area (TPSA) is 17.8 Å².